The molecule has 0 saturated carbocycles. The summed E-state index contributed by atoms with van der Waals surface area (Å²) < 4.78 is 43.7. The normalized spacial score (nSPS) is 18.7. The standard InChI is InChI=1S/C23H36FN7O2S/c1-17(2)31-18(3)25-16-21(31)22-20(24)15-26-23(28-22)27-19-7-12-30(13-8-19)34(32,33)14-6-11-29-9-4-5-10-29/h15-17,19H,4-14H2,1-3H3,(H,26,27,28). The third kappa shape index (κ3) is 5.75. The number of halogens is 1. The van der Waals surface area contributed by atoms with Crippen LogP contribution >= 0.6 is 0 Å². The summed E-state index contributed by atoms with van der Waals surface area (Å²) in [7, 11) is -3.24. The van der Waals surface area contributed by atoms with Crippen molar-refractivity contribution in [2.45, 2.75) is 65.0 Å². The van der Waals surface area contributed by atoms with Crippen molar-refractivity contribution in [1.82, 2.24) is 28.7 Å². The van der Waals surface area contributed by atoms with Crippen molar-refractivity contribution in [3.05, 3.63) is 24.0 Å². The van der Waals surface area contributed by atoms with Gasteiger partial charge in [0.05, 0.1) is 23.8 Å². The minimum absolute atomic E-state index is 0.0334. The molecule has 11 heteroatoms. The Kier molecular flexibility index (Phi) is 7.83. The molecule has 0 unspecified atom stereocenters. The molecular formula is C23H36FN7O2S. The second-order valence-electron chi connectivity index (χ2n) is 9.58. The number of hydrogen-bond donors (Lipinski definition) is 1. The zero-order chi connectivity index (χ0) is 24.3. The van der Waals surface area contributed by atoms with Crippen molar-refractivity contribution < 1.29 is 12.8 Å². The maximum Gasteiger partial charge on any atom is 0.223 e. The van der Waals surface area contributed by atoms with Crippen molar-refractivity contribution in [2.75, 3.05) is 43.8 Å². The molecule has 1 N–H and O–H groups in total. The van der Waals surface area contributed by atoms with Gasteiger partial charge in [0, 0.05) is 25.2 Å². The molecule has 0 radical (unpaired) electrons. The van der Waals surface area contributed by atoms with Crippen LogP contribution in [0.25, 0.3) is 11.4 Å². The highest BCUT2D eigenvalue weighted by Crippen LogP contribution is 2.26. The maximum absolute atomic E-state index is 14.6. The van der Waals surface area contributed by atoms with Gasteiger partial charge in [-0.1, -0.05) is 0 Å². The predicted octanol–water partition coefficient (Wildman–Crippen LogP) is 3.06. The van der Waals surface area contributed by atoms with E-state index in [0.717, 1.165) is 25.5 Å². The lowest BCUT2D eigenvalue weighted by Gasteiger charge is -2.31. The minimum atomic E-state index is -3.24. The number of anilines is 1. The van der Waals surface area contributed by atoms with E-state index in [1.54, 1.807) is 10.5 Å². The Morgan fingerprint density at radius 3 is 2.50 bits per heavy atom. The van der Waals surface area contributed by atoms with Gasteiger partial charge in [-0.25, -0.2) is 32.1 Å². The van der Waals surface area contributed by atoms with E-state index in [0.29, 0.717) is 44.0 Å². The third-order valence-electron chi connectivity index (χ3n) is 6.74. The molecule has 4 rings (SSSR count). The average molecular weight is 494 g/mol. The maximum atomic E-state index is 14.6. The molecule has 2 saturated heterocycles. The zero-order valence-corrected chi connectivity index (χ0v) is 21.2. The van der Waals surface area contributed by atoms with Gasteiger partial charge in [0.25, 0.3) is 0 Å². The molecule has 4 heterocycles. The van der Waals surface area contributed by atoms with Crippen LogP contribution in [0.4, 0.5) is 10.3 Å². The number of piperidine rings is 1. The van der Waals surface area contributed by atoms with Crippen molar-refractivity contribution in [1.29, 1.82) is 0 Å². The van der Waals surface area contributed by atoms with Crippen LogP contribution < -0.4 is 5.32 Å². The molecule has 0 bridgehead atoms. The first-order valence-electron chi connectivity index (χ1n) is 12.3. The Balaban J connectivity index is 1.34. The highest BCUT2D eigenvalue weighted by atomic mass is 32.2. The molecule has 2 aromatic rings. The van der Waals surface area contributed by atoms with Gasteiger partial charge in [-0.05, 0) is 72.5 Å². The van der Waals surface area contributed by atoms with Gasteiger partial charge in [0.2, 0.25) is 16.0 Å². The van der Waals surface area contributed by atoms with Gasteiger partial charge in [0.1, 0.15) is 11.5 Å². The van der Waals surface area contributed by atoms with Crippen LogP contribution in [0.3, 0.4) is 0 Å². The van der Waals surface area contributed by atoms with Gasteiger partial charge < -0.3 is 14.8 Å². The first-order chi connectivity index (χ1) is 16.2. The molecule has 34 heavy (non-hydrogen) atoms. The number of aryl methyl sites for hydroxylation is 1. The van der Waals surface area contributed by atoms with Crippen LogP contribution in [-0.2, 0) is 10.0 Å². The molecule has 2 aromatic heterocycles. The molecule has 2 fully saturated rings. The number of sulfonamides is 1. The Morgan fingerprint density at radius 1 is 1.12 bits per heavy atom. The fourth-order valence-electron chi connectivity index (χ4n) is 4.96. The molecular weight excluding hydrogens is 457 g/mol. The summed E-state index contributed by atoms with van der Waals surface area (Å²) in [5.74, 6) is 0.848. The lowest BCUT2D eigenvalue weighted by molar-refractivity contribution is 0.321. The summed E-state index contributed by atoms with van der Waals surface area (Å²) in [5.41, 5.74) is 0.829. The number of likely N-dealkylation sites (tertiary alicyclic amines) is 1. The first kappa shape index (κ1) is 25.0. The summed E-state index contributed by atoms with van der Waals surface area (Å²) >= 11 is 0. The minimum Gasteiger partial charge on any atom is -0.351 e. The molecule has 0 amide bonds. The van der Waals surface area contributed by atoms with E-state index < -0.39 is 15.8 Å². The van der Waals surface area contributed by atoms with Gasteiger partial charge in [-0.2, -0.15) is 0 Å². The summed E-state index contributed by atoms with van der Waals surface area (Å²) in [5, 5.41) is 3.28. The van der Waals surface area contributed by atoms with Crippen LogP contribution in [0.2, 0.25) is 0 Å². The van der Waals surface area contributed by atoms with Gasteiger partial charge in [0.15, 0.2) is 5.82 Å². The van der Waals surface area contributed by atoms with Crippen LogP contribution in [0.5, 0.6) is 0 Å². The van der Waals surface area contributed by atoms with E-state index in [1.807, 2.05) is 25.3 Å². The summed E-state index contributed by atoms with van der Waals surface area (Å²) in [4.78, 5) is 15.2. The van der Waals surface area contributed by atoms with Crippen LogP contribution in [-0.4, -0.2) is 81.7 Å². The highest BCUT2D eigenvalue weighted by molar-refractivity contribution is 7.89. The second kappa shape index (κ2) is 10.7. The number of imidazole rings is 1. The van der Waals surface area contributed by atoms with E-state index in [1.165, 1.54) is 19.0 Å². The Morgan fingerprint density at radius 2 is 1.82 bits per heavy atom. The Labute approximate surface area is 201 Å². The number of nitrogens with one attached hydrogen (secondary N) is 1. The van der Waals surface area contributed by atoms with Gasteiger partial charge >= 0.3 is 0 Å². The van der Waals surface area contributed by atoms with Crippen LogP contribution in [0.15, 0.2) is 12.4 Å². The quantitative estimate of drug-likeness (QED) is 0.573. The van der Waals surface area contributed by atoms with E-state index >= 15 is 0 Å². The van der Waals surface area contributed by atoms with Crippen molar-refractivity contribution >= 4 is 16.0 Å². The van der Waals surface area contributed by atoms with E-state index in [-0.39, 0.29) is 23.5 Å². The number of hydrogen-bond acceptors (Lipinski definition) is 7. The van der Waals surface area contributed by atoms with Crippen LogP contribution in [0.1, 0.15) is 57.8 Å². The molecule has 2 aliphatic heterocycles. The summed E-state index contributed by atoms with van der Waals surface area (Å²) in [6, 6.07) is 0.149. The molecule has 0 spiro atoms. The van der Waals surface area contributed by atoms with Crippen molar-refractivity contribution in [3.63, 3.8) is 0 Å². The number of aromatic nitrogens is 4. The zero-order valence-electron chi connectivity index (χ0n) is 20.4. The first-order valence-corrected chi connectivity index (χ1v) is 13.9. The third-order valence-corrected chi connectivity index (χ3v) is 8.70. The summed E-state index contributed by atoms with van der Waals surface area (Å²) in [6.45, 7) is 9.89. The Bertz CT molecular complexity index is 1070. The lowest BCUT2D eigenvalue weighted by Crippen LogP contribution is -2.43. The molecule has 0 atom stereocenters. The fraction of sp³-hybridized carbons (Fsp3) is 0.696. The van der Waals surface area contributed by atoms with E-state index in [4.69, 9.17) is 0 Å². The highest BCUT2D eigenvalue weighted by Gasteiger charge is 2.28. The molecule has 0 aromatic carbocycles. The van der Waals surface area contributed by atoms with Crippen molar-refractivity contribution in [2.24, 2.45) is 0 Å². The predicted molar refractivity (Wildman–Crippen MR) is 131 cm³/mol. The molecule has 188 valence electrons. The summed E-state index contributed by atoms with van der Waals surface area (Å²) in [6.07, 6.45) is 7.24. The smallest absolute Gasteiger partial charge is 0.223 e. The molecule has 2 aliphatic rings. The topological polar surface area (TPSA) is 96.2 Å². The van der Waals surface area contributed by atoms with E-state index in [9.17, 15) is 12.8 Å². The van der Waals surface area contributed by atoms with Gasteiger partial charge in [-0.3, -0.25) is 0 Å². The largest absolute Gasteiger partial charge is 0.351 e. The van der Waals surface area contributed by atoms with Crippen LogP contribution in [0, 0.1) is 12.7 Å². The van der Waals surface area contributed by atoms with E-state index in [2.05, 4.69) is 25.2 Å². The monoisotopic (exact) mass is 493 g/mol. The molecule has 0 aliphatic carbocycles. The fourth-order valence-corrected chi connectivity index (χ4v) is 6.48. The SMILES string of the molecule is Cc1ncc(-c2nc(NC3CCN(S(=O)(=O)CCCN4CCCC4)CC3)ncc2F)n1C(C)C. The molecule has 9 nitrogen and oxygen atoms in total. The second-order valence-corrected chi connectivity index (χ2v) is 11.7. The van der Waals surface area contributed by atoms with Crippen molar-refractivity contribution in [3.8, 4) is 11.4 Å². The average Bonchev–Trinajstić information content (AvgIpc) is 3.45. The lowest BCUT2D eigenvalue weighted by atomic mass is 10.1. The number of rotatable bonds is 9. The number of nitrogens with zero attached hydrogens (tertiary/aromatic N) is 6. The Hall–Kier alpha value is -2.11. The van der Waals surface area contributed by atoms with Gasteiger partial charge in [-0.15, -0.1) is 0 Å².